The molecular formula is C29H27N3O2. The van der Waals surface area contributed by atoms with E-state index in [0.29, 0.717) is 43.8 Å². The summed E-state index contributed by atoms with van der Waals surface area (Å²) in [6, 6.07) is 25.4. The number of likely N-dealkylation sites (tertiary alicyclic amines) is 1. The van der Waals surface area contributed by atoms with E-state index in [1.807, 2.05) is 29.2 Å². The fraction of sp³-hybridized carbons (Fsp3) is 0.310. The normalized spacial score (nSPS) is 27.8. The van der Waals surface area contributed by atoms with E-state index in [0.717, 1.165) is 17.7 Å². The summed E-state index contributed by atoms with van der Waals surface area (Å²) in [6.07, 6.45) is 1.72. The van der Waals surface area contributed by atoms with Crippen LogP contribution in [0.2, 0.25) is 0 Å². The van der Waals surface area contributed by atoms with Crippen molar-refractivity contribution in [3.05, 3.63) is 101 Å². The van der Waals surface area contributed by atoms with Crippen LogP contribution in [0.5, 0.6) is 0 Å². The minimum absolute atomic E-state index is 0.0156. The topological polar surface area (TPSA) is 61.4 Å². The Bertz CT molecular complexity index is 1290. The van der Waals surface area contributed by atoms with Crippen molar-refractivity contribution < 1.29 is 9.59 Å². The van der Waals surface area contributed by atoms with E-state index in [1.54, 1.807) is 0 Å². The maximum atomic E-state index is 13.2. The molecule has 2 atom stereocenters. The van der Waals surface area contributed by atoms with E-state index < -0.39 is 5.41 Å². The molecule has 170 valence electrons. The molecule has 2 N–H and O–H groups in total. The Labute approximate surface area is 199 Å². The molecular weight excluding hydrogens is 422 g/mol. The second kappa shape index (κ2) is 7.20. The van der Waals surface area contributed by atoms with Crippen LogP contribution in [0.4, 0.5) is 10.5 Å². The van der Waals surface area contributed by atoms with E-state index in [1.165, 1.54) is 22.3 Å². The van der Waals surface area contributed by atoms with Gasteiger partial charge in [0.05, 0.1) is 5.41 Å². The lowest BCUT2D eigenvalue weighted by molar-refractivity contribution is -0.120. The van der Waals surface area contributed by atoms with Crippen LogP contribution in [0, 0.1) is 5.92 Å². The molecule has 3 aromatic rings. The number of para-hydroxylation sites is 1. The van der Waals surface area contributed by atoms with E-state index in [2.05, 4.69) is 59.2 Å². The third kappa shape index (κ3) is 2.67. The molecule has 0 aromatic heterocycles. The molecule has 0 radical (unpaired) electrons. The molecule has 1 saturated heterocycles. The van der Waals surface area contributed by atoms with Crippen LogP contribution in [0.3, 0.4) is 0 Å². The van der Waals surface area contributed by atoms with E-state index in [4.69, 9.17) is 0 Å². The summed E-state index contributed by atoms with van der Waals surface area (Å²) in [5, 5.41) is 6.25. The van der Waals surface area contributed by atoms with Crippen molar-refractivity contribution in [1.82, 2.24) is 10.2 Å². The fourth-order valence-electron chi connectivity index (χ4n) is 7.05. The number of benzene rings is 3. The van der Waals surface area contributed by atoms with Crippen molar-refractivity contribution in [1.29, 1.82) is 0 Å². The molecule has 1 spiro atoms. The maximum absolute atomic E-state index is 13.2. The number of urea groups is 1. The molecule has 0 saturated carbocycles. The Balaban J connectivity index is 1.10. The molecule has 2 aliphatic heterocycles. The summed E-state index contributed by atoms with van der Waals surface area (Å²) in [5.41, 5.74) is 7.00. The molecule has 5 aliphatic rings. The molecule has 8 rings (SSSR count). The first-order chi connectivity index (χ1) is 16.7. The van der Waals surface area contributed by atoms with Gasteiger partial charge in [-0.15, -0.1) is 0 Å². The highest BCUT2D eigenvalue weighted by atomic mass is 16.2. The summed E-state index contributed by atoms with van der Waals surface area (Å²) < 4.78 is 0. The zero-order chi connectivity index (χ0) is 22.9. The Kier molecular flexibility index (Phi) is 4.20. The Morgan fingerprint density at radius 2 is 1.59 bits per heavy atom. The van der Waals surface area contributed by atoms with Gasteiger partial charge in [0, 0.05) is 37.2 Å². The number of carbonyl (C=O) groups excluding carboxylic acids is 2. The average molecular weight is 450 g/mol. The first-order valence-electron chi connectivity index (χ1n) is 12.3. The summed E-state index contributed by atoms with van der Waals surface area (Å²) in [6.45, 7) is 1.68. The van der Waals surface area contributed by atoms with Gasteiger partial charge in [-0.05, 0) is 52.6 Å². The van der Waals surface area contributed by atoms with Gasteiger partial charge >= 0.3 is 6.03 Å². The molecule has 2 heterocycles. The van der Waals surface area contributed by atoms with Crippen LogP contribution >= 0.6 is 0 Å². The van der Waals surface area contributed by atoms with E-state index in [9.17, 15) is 9.59 Å². The summed E-state index contributed by atoms with van der Waals surface area (Å²) in [4.78, 5) is 27.9. The minimum atomic E-state index is -0.615. The first kappa shape index (κ1) is 19.8. The third-order valence-corrected chi connectivity index (χ3v) is 8.62. The van der Waals surface area contributed by atoms with Crippen LogP contribution in [-0.4, -0.2) is 36.5 Å². The number of carbonyl (C=O) groups is 2. The lowest BCUT2D eigenvalue weighted by Crippen LogP contribution is -2.46. The number of amides is 3. The summed E-state index contributed by atoms with van der Waals surface area (Å²) >= 11 is 0. The van der Waals surface area contributed by atoms with Crippen LogP contribution in [0.1, 0.15) is 52.5 Å². The molecule has 34 heavy (non-hydrogen) atoms. The maximum Gasteiger partial charge on any atom is 0.317 e. The summed E-state index contributed by atoms with van der Waals surface area (Å²) in [7, 11) is 0. The number of nitrogens with zero attached hydrogens (tertiary/aromatic N) is 1. The van der Waals surface area contributed by atoms with Crippen LogP contribution in [-0.2, 0) is 10.2 Å². The molecule has 3 amide bonds. The number of anilines is 1. The van der Waals surface area contributed by atoms with Crippen molar-refractivity contribution in [2.45, 2.75) is 30.1 Å². The molecule has 5 nitrogen and oxygen atoms in total. The molecule has 5 heteroatoms. The highest BCUT2D eigenvalue weighted by Gasteiger charge is 2.52. The van der Waals surface area contributed by atoms with Crippen LogP contribution in [0.15, 0.2) is 72.8 Å². The first-order valence-corrected chi connectivity index (χ1v) is 12.3. The predicted octanol–water partition coefficient (Wildman–Crippen LogP) is 4.59. The van der Waals surface area contributed by atoms with Crippen LogP contribution in [0.25, 0.3) is 0 Å². The number of fused-ring (bicyclic) bond motifs is 3. The van der Waals surface area contributed by atoms with Gasteiger partial charge < -0.3 is 15.5 Å². The molecule has 2 unspecified atom stereocenters. The largest absolute Gasteiger partial charge is 0.338 e. The minimum Gasteiger partial charge on any atom is -0.338 e. The Morgan fingerprint density at radius 1 is 0.941 bits per heavy atom. The van der Waals surface area contributed by atoms with Gasteiger partial charge in [0.1, 0.15) is 0 Å². The van der Waals surface area contributed by atoms with Gasteiger partial charge in [-0.25, -0.2) is 4.79 Å². The molecule has 2 bridgehead atoms. The number of hydrogen-bond acceptors (Lipinski definition) is 2. The summed E-state index contributed by atoms with van der Waals surface area (Å²) in [5.74, 6) is 1.09. The lowest BCUT2D eigenvalue weighted by atomic mass is 9.59. The molecule has 3 aliphatic carbocycles. The van der Waals surface area contributed by atoms with Crippen molar-refractivity contribution >= 4 is 17.6 Å². The monoisotopic (exact) mass is 449 g/mol. The molecule has 1 fully saturated rings. The second-order valence-electron chi connectivity index (χ2n) is 10.2. The van der Waals surface area contributed by atoms with Gasteiger partial charge in [-0.3, -0.25) is 4.79 Å². The standard InChI is InChI=1S/C29H27N3O2/c33-27-29(24-11-5-6-12-25(24)31-27)13-14-32(17-29)28(34)30-16-18-15-23-19-7-1-3-9-21(19)26(18)22-10-4-2-8-20(22)23/h1-12,18,23,26H,13-17H2,(H,30,34)(H,31,33). The fourth-order valence-corrected chi connectivity index (χ4v) is 7.05. The quantitative estimate of drug-likeness (QED) is 0.601. The van der Waals surface area contributed by atoms with Gasteiger partial charge in [-0.2, -0.15) is 0 Å². The van der Waals surface area contributed by atoms with E-state index in [-0.39, 0.29) is 11.9 Å². The molecule has 3 aromatic carbocycles. The SMILES string of the molecule is O=C(NCC1CC2c3ccccc3C1c1ccccc12)N1CCC2(C1)C(=O)Nc1ccccc12. The number of rotatable bonds is 2. The van der Waals surface area contributed by atoms with Gasteiger partial charge in [-0.1, -0.05) is 66.7 Å². The average Bonchev–Trinajstić information content (AvgIpc) is 3.45. The zero-order valence-corrected chi connectivity index (χ0v) is 19.0. The van der Waals surface area contributed by atoms with Crippen molar-refractivity contribution in [3.8, 4) is 0 Å². The van der Waals surface area contributed by atoms with Gasteiger partial charge in [0.15, 0.2) is 0 Å². The van der Waals surface area contributed by atoms with Gasteiger partial charge in [0.2, 0.25) is 5.91 Å². The van der Waals surface area contributed by atoms with Crippen molar-refractivity contribution in [2.75, 3.05) is 25.0 Å². The number of nitrogens with one attached hydrogen (secondary N) is 2. The predicted molar refractivity (Wildman–Crippen MR) is 131 cm³/mol. The van der Waals surface area contributed by atoms with Crippen molar-refractivity contribution in [3.63, 3.8) is 0 Å². The van der Waals surface area contributed by atoms with Gasteiger partial charge in [0.25, 0.3) is 0 Å². The third-order valence-electron chi connectivity index (χ3n) is 8.62. The second-order valence-corrected chi connectivity index (χ2v) is 10.2. The lowest BCUT2D eigenvalue weighted by Gasteiger charge is -2.45. The highest BCUT2D eigenvalue weighted by molar-refractivity contribution is 6.07. The van der Waals surface area contributed by atoms with Crippen molar-refractivity contribution in [2.24, 2.45) is 5.92 Å². The number of hydrogen-bond donors (Lipinski definition) is 2. The Morgan fingerprint density at radius 3 is 2.32 bits per heavy atom. The smallest absolute Gasteiger partial charge is 0.317 e. The zero-order valence-electron chi connectivity index (χ0n) is 19.0. The van der Waals surface area contributed by atoms with Crippen LogP contribution < -0.4 is 10.6 Å². The highest BCUT2D eigenvalue weighted by Crippen LogP contribution is 2.55. The van der Waals surface area contributed by atoms with E-state index >= 15 is 0 Å². The Hall–Kier alpha value is -3.60.